The van der Waals surface area contributed by atoms with E-state index in [4.69, 9.17) is 24.1 Å². The molecule has 310 valence electrons. The quantitative estimate of drug-likeness (QED) is 0.0377. The molecule has 0 radical (unpaired) electrons. The molecule has 1 N–H and O–H groups in total. The number of unbranched alkanes of at least 4 members (excludes halogenated alkanes) is 24. The molecule has 0 fully saturated rings. The van der Waals surface area contributed by atoms with Crippen molar-refractivity contribution in [1.82, 2.24) is 0 Å². The largest absolute Gasteiger partial charge is 0.481 e. The first-order valence-electron chi connectivity index (χ1n) is 22.1. The van der Waals surface area contributed by atoms with Crippen LogP contribution in [0.2, 0.25) is 0 Å². The molecule has 0 aliphatic heterocycles. The maximum absolute atomic E-state index is 12.1. The highest BCUT2D eigenvalue weighted by Gasteiger charge is 2.30. The number of esters is 2. The Morgan fingerprint density at radius 1 is 0.404 bits per heavy atom. The van der Waals surface area contributed by atoms with Crippen molar-refractivity contribution in [2.45, 2.75) is 246 Å². The second-order valence-corrected chi connectivity index (χ2v) is 14.7. The molecule has 0 rings (SSSR count). The Balaban J connectivity index is 0. The molecule has 0 atom stereocenters. The van der Waals surface area contributed by atoms with Crippen LogP contribution in [0.3, 0.4) is 0 Å². The third-order valence-corrected chi connectivity index (χ3v) is 9.29. The zero-order valence-electron chi connectivity index (χ0n) is 35.1. The third-order valence-electron chi connectivity index (χ3n) is 9.29. The summed E-state index contributed by atoms with van der Waals surface area (Å²) in [6.07, 6.45) is 35.3. The van der Waals surface area contributed by atoms with Crippen molar-refractivity contribution in [2.24, 2.45) is 0 Å². The van der Waals surface area contributed by atoms with Gasteiger partial charge in [0, 0.05) is 26.2 Å². The van der Waals surface area contributed by atoms with Crippen LogP contribution < -0.4 is 0 Å². The highest BCUT2D eigenvalue weighted by molar-refractivity contribution is 5.69. The maximum atomic E-state index is 12.1. The number of hydrogen-bond donors (Lipinski definition) is 1. The molecule has 52 heavy (non-hydrogen) atoms. The van der Waals surface area contributed by atoms with E-state index in [1.54, 1.807) is 6.92 Å². The summed E-state index contributed by atoms with van der Waals surface area (Å²) in [7, 11) is 0. The van der Waals surface area contributed by atoms with E-state index >= 15 is 0 Å². The highest BCUT2D eigenvalue weighted by atomic mass is 16.9. The Bertz CT molecular complexity index is 761. The monoisotopic (exact) mass is 743 g/mol. The summed E-state index contributed by atoms with van der Waals surface area (Å²) in [5.74, 6) is -2.32. The van der Waals surface area contributed by atoms with E-state index in [-0.39, 0.29) is 18.4 Å². The molecule has 0 aromatic carbocycles. The summed E-state index contributed by atoms with van der Waals surface area (Å²) in [5, 5.41) is 8.57. The van der Waals surface area contributed by atoms with Gasteiger partial charge in [-0.05, 0) is 38.5 Å². The van der Waals surface area contributed by atoms with E-state index in [1.807, 2.05) is 0 Å². The number of carbonyl (C=O) groups excluding carboxylic acids is 2. The van der Waals surface area contributed by atoms with E-state index < -0.39 is 11.9 Å². The van der Waals surface area contributed by atoms with Gasteiger partial charge in [0.15, 0.2) is 0 Å². The maximum Gasteiger partial charge on any atom is 0.326 e. The van der Waals surface area contributed by atoms with Gasteiger partial charge in [-0.25, -0.2) is 0 Å². The fourth-order valence-corrected chi connectivity index (χ4v) is 5.84. The average Bonchev–Trinajstić information content (AvgIpc) is 3.11. The van der Waals surface area contributed by atoms with Gasteiger partial charge in [-0.2, -0.15) is 0 Å². The molecule has 0 aliphatic rings. The topological polar surface area (TPSA) is 108 Å². The molecule has 8 nitrogen and oxygen atoms in total. The fourth-order valence-electron chi connectivity index (χ4n) is 5.84. The number of carbonyl (C=O) groups is 3. The molecular weight excluding hydrogens is 656 g/mol. The number of carboxylic acids is 1. The molecule has 0 saturated carbocycles. The van der Waals surface area contributed by atoms with Gasteiger partial charge in [-0.15, -0.1) is 0 Å². The molecule has 0 unspecified atom stereocenters. The van der Waals surface area contributed by atoms with Crippen molar-refractivity contribution in [3.8, 4) is 0 Å². The lowest BCUT2D eigenvalue weighted by atomic mass is 10.0. The van der Waals surface area contributed by atoms with Crippen molar-refractivity contribution in [3.05, 3.63) is 0 Å². The number of carboxylic acid groups (broad SMARTS) is 1. The van der Waals surface area contributed by atoms with Crippen LogP contribution in [0.25, 0.3) is 0 Å². The SMILES string of the molecule is CCCCCCCCCCCCCCCC(=O)OCCCCCCCC.CCCCOC(C)(OCCCC)OC(=O)CCCCCCCCC(=O)O. The summed E-state index contributed by atoms with van der Waals surface area (Å²) in [6, 6.07) is 0. The lowest BCUT2D eigenvalue weighted by molar-refractivity contribution is -0.352. The first-order chi connectivity index (χ1) is 25.2. The minimum absolute atomic E-state index is 0.0154. The number of hydrogen-bond acceptors (Lipinski definition) is 7. The van der Waals surface area contributed by atoms with Gasteiger partial charge in [0.1, 0.15) is 0 Å². The smallest absolute Gasteiger partial charge is 0.326 e. The lowest BCUT2D eigenvalue weighted by Crippen LogP contribution is -2.38. The average molecular weight is 743 g/mol. The zero-order chi connectivity index (χ0) is 38.8. The lowest BCUT2D eigenvalue weighted by Gasteiger charge is -2.29. The molecular formula is C44H86O8. The van der Waals surface area contributed by atoms with E-state index in [2.05, 4.69) is 27.7 Å². The first kappa shape index (κ1) is 52.4. The Hall–Kier alpha value is -1.67. The van der Waals surface area contributed by atoms with Crippen molar-refractivity contribution in [3.63, 3.8) is 0 Å². The normalized spacial score (nSPS) is 11.2. The minimum Gasteiger partial charge on any atom is -0.481 e. The van der Waals surface area contributed by atoms with Crippen LogP contribution in [0.1, 0.15) is 240 Å². The summed E-state index contributed by atoms with van der Waals surface area (Å²) >= 11 is 0. The molecule has 0 amide bonds. The molecule has 0 bridgehead atoms. The zero-order valence-corrected chi connectivity index (χ0v) is 35.1. The number of rotatable bonds is 39. The summed E-state index contributed by atoms with van der Waals surface area (Å²) in [6.45, 7) is 12.0. The third kappa shape index (κ3) is 42.7. The van der Waals surface area contributed by atoms with Gasteiger partial charge < -0.3 is 24.1 Å². The van der Waals surface area contributed by atoms with Crippen LogP contribution in [-0.2, 0) is 33.3 Å². The second-order valence-electron chi connectivity index (χ2n) is 14.7. The summed E-state index contributed by atoms with van der Waals surface area (Å²) in [4.78, 5) is 34.2. The molecule has 0 spiro atoms. The van der Waals surface area contributed by atoms with Gasteiger partial charge in [-0.1, -0.05) is 175 Å². The Labute approximate surface area is 321 Å². The molecule has 0 aromatic rings. The van der Waals surface area contributed by atoms with Crippen LogP contribution in [-0.4, -0.2) is 48.8 Å². The van der Waals surface area contributed by atoms with Gasteiger partial charge in [0.05, 0.1) is 19.8 Å². The molecule has 0 aromatic heterocycles. The summed E-state index contributed by atoms with van der Waals surface area (Å²) < 4.78 is 22.1. The highest BCUT2D eigenvalue weighted by Crippen LogP contribution is 2.19. The summed E-state index contributed by atoms with van der Waals surface area (Å²) in [5.41, 5.74) is 0. The van der Waals surface area contributed by atoms with Gasteiger partial charge in [0.2, 0.25) is 0 Å². The van der Waals surface area contributed by atoms with Crippen LogP contribution in [0.15, 0.2) is 0 Å². The Morgan fingerprint density at radius 2 is 0.731 bits per heavy atom. The van der Waals surface area contributed by atoms with E-state index in [9.17, 15) is 14.4 Å². The van der Waals surface area contributed by atoms with Crippen molar-refractivity contribution < 1.29 is 38.4 Å². The van der Waals surface area contributed by atoms with Crippen LogP contribution in [0.4, 0.5) is 0 Å². The van der Waals surface area contributed by atoms with Crippen LogP contribution in [0.5, 0.6) is 0 Å². The van der Waals surface area contributed by atoms with Crippen molar-refractivity contribution >= 4 is 17.9 Å². The molecule has 0 heterocycles. The standard InChI is InChI=1S/C24H48O2.C20H38O6/c1-3-5-7-9-11-12-13-14-15-16-17-18-20-22-24(25)26-23-21-19-10-8-6-4-2;1-4-6-16-24-20(3,25-17-7-5-2)26-19(23)15-13-11-9-8-10-12-14-18(21)22/h3-23H2,1-2H3;4-17H2,1-3H3,(H,21,22). The van der Waals surface area contributed by atoms with E-state index in [0.29, 0.717) is 32.7 Å². The molecule has 0 saturated heterocycles. The molecule has 8 heteroatoms. The van der Waals surface area contributed by atoms with Crippen LogP contribution >= 0.6 is 0 Å². The fraction of sp³-hybridized carbons (Fsp3) is 0.932. The van der Waals surface area contributed by atoms with Gasteiger partial charge in [-0.3, -0.25) is 14.4 Å². The minimum atomic E-state index is -1.29. The van der Waals surface area contributed by atoms with Crippen molar-refractivity contribution in [2.75, 3.05) is 19.8 Å². The predicted octanol–water partition coefficient (Wildman–Crippen LogP) is 13.4. The first-order valence-corrected chi connectivity index (χ1v) is 22.1. The Kier molecular flexibility index (Phi) is 42.4. The van der Waals surface area contributed by atoms with Gasteiger partial charge in [0.25, 0.3) is 0 Å². The van der Waals surface area contributed by atoms with Crippen LogP contribution in [0, 0.1) is 0 Å². The second kappa shape index (κ2) is 42.1. The number of ether oxygens (including phenoxy) is 4. The van der Waals surface area contributed by atoms with Gasteiger partial charge >= 0.3 is 23.9 Å². The number of aliphatic carboxylic acids is 1. The Morgan fingerprint density at radius 3 is 1.12 bits per heavy atom. The van der Waals surface area contributed by atoms with E-state index in [1.165, 1.54) is 109 Å². The van der Waals surface area contributed by atoms with Crippen molar-refractivity contribution in [1.29, 1.82) is 0 Å². The molecule has 0 aliphatic carbocycles. The van der Waals surface area contributed by atoms with E-state index in [0.717, 1.165) is 77.0 Å². The predicted molar refractivity (Wildman–Crippen MR) is 215 cm³/mol.